The quantitative estimate of drug-likeness (QED) is 0.417. The highest BCUT2D eigenvalue weighted by Crippen LogP contribution is 2.37. The molecule has 0 spiro atoms. The van der Waals surface area contributed by atoms with E-state index in [1.54, 1.807) is 19.9 Å². The molecule has 2 bridgehead atoms. The van der Waals surface area contributed by atoms with E-state index >= 15 is 0 Å². The molecule has 4 atom stereocenters. The van der Waals surface area contributed by atoms with Crippen molar-refractivity contribution in [2.24, 2.45) is 0 Å². The molecule has 2 aliphatic heterocycles. The fraction of sp³-hybridized carbons (Fsp3) is 0.632. The van der Waals surface area contributed by atoms with Crippen molar-refractivity contribution >= 4 is 17.9 Å². The van der Waals surface area contributed by atoms with Crippen LogP contribution < -0.4 is 0 Å². The fourth-order valence-electron chi connectivity index (χ4n) is 3.54. The maximum Gasteiger partial charge on any atom is 0.333 e. The topological polar surface area (TPSA) is 82.1 Å². The zero-order chi connectivity index (χ0) is 19.4. The van der Waals surface area contributed by atoms with Gasteiger partial charge < -0.3 is 14.2 Å². The van der Waals surface area contributed by atoms with Crippen molar-refractivity contribution in [3.63, 3.8) is 0 Å². The Morgan fingerprint density at radius 2 is 1.69 bits per heavy atom. The van der Waals surface area contributed by atoms with Gasteiger partial charge >= 0.3 is 17.9 Å². The van der Waals surface area contributed by atoms with Crippen LogP contribution in [0.5, 0.6) is 0 Å². The van der Waals surface area contributed by atoms with Crippen molar-refractivity contribution in [1.82, 2.24) is 4.90 Å². The zero-order valence-electron chi connectivity index (χ0n) is 16.0. The summed E-state index contributed by atoms with van der Waals surface area (Å²) < 4.78 is 15.7. The molecule has 2 fully saturated rings. The number of rotatable bonds is 5. The third-order valence-electron chi connectivity index (χ3n) is 5.21. The summed E-state index contributed by atoms with van der Waals surface area (Å²) in [5, 5.41) is 0. The third kappa shape index (κ3) is 4.52. The summed E-state index contributed by atoms with van der Waals surface area (Å²) in [5.74, 6) is -1.42. The van der Waals surface area contributed by atoms with E-state index in [4.69, 9.17) is 9.47 Å². The Morgan fingerprint density at radius 1 is 1.00 bits per heavy atom. The molecule has 0 aromatic rings. The first-order valence-electron chi connectivity index (χ1n) is 8.79. The number of hydrogen-bond donors (Lipinski definition) is 0. The van der Waals surface area contributed by atoms with Crippen LogP contribution in [0.1, 0.15) is 40.0 Å². The number of carbonyl (C=O) groups excluding carboxylic acids is 3. The number of carbonyl (C=O) groups is 3. The Morgan fingerprint density at radius 3 is 2.31 bits per heavy atom. The molecule has 2 unspecified atom stereocenters. The van der Waals surface area contributed by atoms with Gasteiger partial charge in [0.15, 0.2) is 0 Å². The van der Waals surface area contributed by atoms with Crippen molar-refractivity contribution in [1.29, 1.82) is 0 Å². The first kappa shape index (κ1) is 20.2. The van der Waals surface area contributed by atoms with Crippen molar-refractivity contribution in [3.8, 4) is 0 Å². The van der Waals surface area contributed by atoms with Crippen LogP contribution in [0.2, 0.25) is 0 Å². The molecule has 144 valence electrons. The van der Waals surface area contributed by atoms with Crippen LogP contribution in [-0.2, 0) is 28.6 Å². The molecule has 2 heterocycles. The van der Waals surface area contributed by atoms with Gasteiger partial charge in [0.2, 0.25) is 0 Å². The van der Waals surface area contributed by atoms with Gasteiger partial charge in [-0.05, 0) is 27.8 Å². The van der Waals surface area contributed by atoms with E-state index in [0.29, 0.717) is 18.4 Å². The van der Waals surface area contributed by atoms with Crippen LogP contribution in [0.25, 0.3) is 0 Å². The summed E-state index contributed by atoms with van der Waals surface area (Å²) >= 11 is 0. The number of fused-ring (bicyclic) bond motifs is 2. The molecule has 26 heavy (non-hydrogen) atoms. The SMILES string of the molecule is C/C=C(\C)C(=O)O[C@@H]1CC2C[C@@H](OC(=O)/C=C(\C)C(=O)OC)CC1N2C. The van der Waals surface area contributed by atoms with Gasteiger partial charge in [-0.2, -0.15) is 0 Å². The summed E-state index contributed by atoms with van der Waals surface area (Å²) in [6.07, 6.45) is 4.42. The van der Waals surface area contributed by atoms with Crippen molar-refractivity contribution in [3.05, 3.63) is 23.3 Å². The lowest BCUT2D eigenvalue weighted by atomic mass is 10.00. The predicted octanol–water partition coefficient (Wildman–Crippen LogP) is 1.76. The average Bonchev–Trinajstić information content (AvgIpc) is 2.78. The molecule has 7 nitrogen and oxygen atoms in total. The van der Waals surface area contributed by atoms with Crippen molar-refractivity contribution in [2.45, 2.75) is 64.3 Å². The number of piperidine rings is 1. The van der Waals surface area contributed by atoms with Crippen LogP contribution in [-0.4, -0.2) is 61.3 Å². The van der Waals surface area contributed by atoms with Gasteiger partial charge in [0, 0.05) is 42.5 Å². The highest BCUT2D eigenvalue weighted by Gasteiger charge is 2.47. The molecule has 7 heteroatoms. The largest absolute Gasteiger partial charge is 0.466 e. The van der Waals surface area contributed by atoms with Gasteiger partial charge in [0.25, 0.3) is 0 Å². The Balaban J connectivity index is 1.97. The molecule has 2 saturated heterocycles. The summed E-state index contributed by atoms with van der Waals surface area (Å²) in [6, 6.07) is 0.215. The van der Waals surface area contributed by atoms with E-state index < -0.39 is 11.9 Å². The highest BCUT2D eigenvalue weighted by molar-refractivity contribution is 5.95. The summed E-state index contributed by atoms with van der Waals surface area (Å²) in [7, 11) is 3.27. The number of allylic oxidation sites excluding steroid dienone is 1. The first-order chi connectivity index (χ1) is 12.3. The molecule has 0 radical (unpaired) electrons. The number of nitrogens with zero attached hydrogens (tertiary/aromatic N) is 1. The molecular weight excluding hydrogens is 338 g/mol. The van der Waals surface area contributed by atoms with Gasteiger partial charge in [-0.1, -0.05) is 6.08 Å². The predicted molar refractivity (Wildman–Crippen MR) is 94.2 cm³/mol. The number of ether oxygens (including phenoxy) is 3. The molecule has 0 aromatic heterocycles. The number of esters is 3. The first-order valence-corrected chi connectivity index (χ1v) is 8.79. The van der Waals surface area contributed by atoms with Gasteiger partial charge in [-0.25, -0.2) is 14.4 Å². The lowest BCUT2D eigenvalue weighted by molar-refractivity contribution is -0.150. The van der Waals surface area contributed by atoms with Crippen LogP contribution >= 0.6 is 0 Å². The standard InChI is InChI=1S/C19H27NO6/c1-6-11(2)19(23)26-16-9-13-8-14(10-15(16)20(13)4)25-17(21)7-12(3)18(22)24-5/h6-7,13-16H,8-10H2,1-5H3/b11-6+,12-7+/t13?,14-,15?,16-/m1/s1. The van der Waals surface area contributed by atoms with Crippen LogP contribution in [0.4, 0.5) is 0 Å². The van der Waals surface area contributed by atoms with E-state index in [-0.39, 0.29) is 35.8 Å². The lowest BCUT2D eigenvalue weighted by Gasteiger charge is -2.36. The second-order valence-corrected chi connectivity index (χ2v) is 6.89. The maximum atomic E-state index is 12.1. The van der Waals surface area contributed by atoms with Gasteiger partial charge in [0.05, 0.1) is 13.2 Å². The lowest BCUT2D eigenvalue weighted by Crippen LogP contribution is -2.46. The van der Waals surface area contributed by atoms with E-state index in [1.807, 2.05) is 7.05 Å². The normalized spacial score (nSPS) is 29.3. The number of likely N-dealkylation sites (N-methyl/N-ethyl adjacent to an activating group) is 1. The molecule has 0 aromatic carbocycles. The maximum absolute atomic E-state index is 12.1. The van der Waals surface area contributed by atoms with Crippen LogP contribution in [0, 0.1) is 0 Å². The molecule has 0 saturated carbocycles. The second-order valence-electron chi connectivity index (χ2n) is 6.89. The molecule has 0 amide bonds. The monoisotopic (exact) mass is 365 g/mol. The van der Waals surface area contributed by atoms with Gasteiger partial charge in [0.1, 0.15) is 12.2 Å². The fourth-order valence-corrected chi connectivity index (χ4v) is 3.54. The minimum atomic E-state index is -0.559. The highest BCUT2D eigenvalue weighted by atomic mass is 16.6. The molecule has 0 N–H and O–H groups in total. The average molecular weight is 365 g/mol. The number of hydrogen-bond acceptors (Lipinski definition) is 7. The molecule has 0 aliphatic carbocycles. The minimum Gasteiger partial charge on any atom is -0.466 e. The van der Waals surface area contributed by atoms with Crippen molar-refractivity contribution in [2.75, 3.05) is 14.2 Å². The molecule has 2 aliphatic rings. The van der Waals surface area contributed by atoms with E-state index in [9.17, 15) is 14.4 Å². The third-order valence-corrected chi connectivity index (χ3v) is 5.21. The molecule has 2 rings (SSSR count). The van der Waals surface area contributed by atoms with Crippen LogP contribution in [0.3, 0.4) is 0 Å². The zero-order valence-corrected chi connectivity index (χ0v) is 16.0. The molecular formula is C19H27NO6. The van der Waals surface area contributed by atoms with Gasteiger partial charge in [-0.3, -0.25) is 4.90 Å². The second kappa shape index (κ2) is 8.49. The Kier molecular flexibility index (Phi) is 6.58. The Bertz CT molecular complexity index is 638. The summed E-state index contributed by atoms with van der Waals surface area (Å²) in [6.45, 7) is 5.03. The minimum absolute atomic E-state index is 0.0193. The van der Waals surface area contributed by atoms with E-state index in [0.717, 1.165) is 12.5 Å². The Labute approximate surface area is 154 Å². The van der Waals surface area contributed by atoms with Gasteiger partial charge in [-0.15, -0.1) is 0 Å². The summed E-state index contributed by atoms with van der Waals surface area (Å²) in [4.78, 5) is 37.6. The van der Waals surface area contributed by atoms with E-state index in [1.165, 1.54) is 14.0 Å². The smallest absolute Gasteiger partial charge is 0.333 e. The number of methoxy groups -OCH3 is 1. The van der Waals surface area contributed by atoms with Crippen molar-refractivity contribution < 1.29 is 28.6 Å². The summed E-state index contributed by atoms with van der Waals surface area (Å²) in [5.41, 5.74) is 0.780. The Hall–Kier alpha value is -2.15. The van der Waals surface area contributed by atoms with E-state index in [2.05, 4.69) is 9.64 Å². The van der Waals surface area contributed by atoms with Crippen LogP contribution in [0.15, 0.2) is 23.3 Å².